The number of aliphatic hydroxyl groups is 1. The molecular weight excluding hydrogens is 238 g/mol. The summed E-state index contributed by atoms with van der Waals surface area (Å²) in [6.07, 6.45) is 5.92. The zero-order valence-corrected chi connectivity index (χ0v) is 11.8. The van der Waals surface area contributed by atoms with Gasteiger partial charge >= 0.3 is 0 Å². The van der Waals surface area contributed by atoms with E-state index in [0.717, 1.165) is 23.8 Å². The van der Waals surface area contributed by atoms with Gasteiger partial charge in [0.05, 0.1) is 12.7 Å². The Morgan fingerprint density at radius 3 is 2.89 bits per heavy atom. The van der Waals surface area contributed by atoms with Crippen molar-refractivity contribution in [1.82, 2.24) is 0 Å². The lowest BCUT2D eigenvalue weighted by Gasteiger charge is -2.17. The summed E-state index contributed by atoms with van der Waals surface area (Å²) in [4.78, 5) is 0. The topological polar surface area (TPSA) is 41.5 Å². The zero-order valence-electron chi connectivity index (χ0n) is 11.8. The minimum atomic E-state index is -0.251. The van der Waals surface area contributed by atoms with E-state index in [4.69, 9.17) is 4.74 Å². The van der Waals surface area contributed by atoms with Crippen LogP contribution in [0.4, 0.5) is 5.69 Å². The summed E-state index contributed by atoms with van der Waals surface area (Å²) in [5.74, 6) is 1.60. The van der Waals surface area contributed by atoms with Gasteiger partial charge < -0.3 is 15.2 Å². The molecule has 1 aliphatic carbocycles. The third-order valence-electron chi connectivity index (χ3n) is 3.77. The second-order valence-electron chi connectivity index (χ2n) is 5.38. The molecule has 1 aromatic carbocycles. The van der Waals surface area contributed by atoms with Crippen LogP contribution in [0, 0.1) is 5.92 Å². The molecule has 0 saturated heterocycles. The minimum absolute atomic E-state index is 0.251. The Kier molecular flexibility index (Phi) is 5.52. The van der Waals surface area contributed by atoms with Crippen molar-refractivity contribution in [3.8, 4) is 5.75 Å². The molecule has 1 aliphatic rings. The van der Waals surface area contributed by atoms with Gasteiger partial charge in [-0.15, -0.1) is 0 Å². The molecule has 1 saturated carbocycles. The highest BCUT2D eigenvalue weighted by atomic mass is 16.5. The molecule has 2 rings (SSSR count). The molecular formula is C16H25NO2. The van der Waals surface area contributed by atoms with Crippen LogP contribution in [0.15, 0.2) is 24.3 Å². The summed E-state index contributed by atoms with van der Waals surface area (Å²) in [6.45, 7) is 3.27. The molecule has 3 heteroatoms. The summed E-state index contributed by atoms with van der Waals surface area (Å²) in [5, 5.41) is 13.3. The highest BCUT2D eigenvalue weighted by Crippen LogP contribution is 2.28. The van der Waals surface area contributed by atoms with Gasteiger partial charge in [-0.2, -0.15) is 0 Å². The van der Waals surface area contributed by atoms with Gasteiger partial charge in [0.2, 0.25) is 0 Å². The van der Waals surface area contributed by atoms with E-state index in [1.165, 1.54) is 25.7 Å². The normalized spacial score (nSPS) is 17.4. The maximum atomic E-state index is 10.0. The lowest BCUT2D eigenvalue weighted by molar-refractivity contribution is 0.155. The van der Waals surface area contributed by atoms with Crippen LogP contribution in [0.1, 0.15) is 39.0 Å². The van der Waals surface area contributed by atoms with Gasteiger partial charge in [0.15, 0.2) is 0 Å². The van der Waals surface area contributed by atoms with Gasteiger partial charge in [-0.25, -0.2) is 0 Å². The molecule has 1 fully saturated rings. The Morgan fingerprint density at radius 1 is 1.37 bits per heavy atom. The molecule has 0 amide bonds. The van der Waals surface area contributed by atoms with Crippen LogP contribution in [0.2, 0.25) is 0 Å². The Morgan fingerprint density at radius 2 is 2.16 bits per heavy atom. The van der Waals surface area contributed by atoms with Crippen molar-refractivity contribution >= 4 is 5.69 Å². The molecule has 1 unspecified atom stereocenters. The fraction of sp³-hybridized carbons (Fsp3) is 0.625. The van der Waals surface area contributed by atoms with E-state index in [1.54, 1.807) is 0 Å². The van der Waals surface area contributed by atoms with Crippen molar-refractivity contribution in [2.24, 2.45) is 5.92 Å². The van der Waals surface area contributed by atoms with Crippen molar-refractivity contribution < 1.29 is 9.84 Å². The highest BCUT2D eigenvalue weighted by molar-refractivity contribution is 5.48. The highest BCUT2D eigenvalue weighted by Gasteiger charge is 2.18. The first kappa shape index (κ1) is 14.2. The lowest BCUT2D eigenvalue weighted by atomic mass is 10.00. The maximum Gasteiger partial charge on any atom is 0.121 e. The number of rotatable bonds is 7. The van der Waals surface area contributed by atoms with Gasteiger partial charge in [0.1, 0.15) is 5.75 Å². The second-order valence-corrected chi connectivity index (χ2v) is 5.38. The number of ether oxygens (including phenoxy) is 1. The largest absolute Gasteiger partial charge is 0.494 e. The second kappa shape index (κ2) is 7.39. The Balaban J connectivity index is 1.75. The van der Waals surface area contributed by atoms with Crippen molar-refractivity contribution in [1.29, 1.82) is 0 Å². The summed E-state index contributed by atoms with van der Waals surface area (Å²) >= 11 is 0. The van der Waals surface area contributed by atoms with E-state index >= 15 is 0 Å². The predicted octanol–water partition coefficient (Wildman–Crippen LogP) is 3.44. The predicted molar refractivity (Wildman–Crippen MR) is 78.7 cm³/mol. The molecule has 0 heterocycles. The first-order valence-corrected chi connectivity index (χ1v) is 7.42. The molecule has 0 radical (unpaired) electrons. The number of anilines is 1. The fourth-order valence-corrected chi connectivity index (χ4v) is 2.81. The van der Waals surface area contributed by atoms with Crippen LogP contribution in [0.25, 0.3) is 0 Å². The SMILES string of the molecule is CCOc1cccc(NCC(O)CC2CCCC2)c1. The van der Waals surface area contributed by atoms with Crippen LogP contribution in [0.5, 0.6) is 5.75 Å². The van der Waals surface area contributed by atoms with Gasteiger partial charge in [-0.1, -0.05) is 31.7 Å². The average molecular weight is 263 g/mol. The zero-order chi connectivity index (χ0) is 13.5. The van der Waals surface area contributed by atoms with E-state index in [1.807, 2.05) is 31.2 Å². The van der Waals surface area contributed by atoms with Crippen molar-refractivity contribution in [3.05, 3.63) is 24.3 Å². The van der Waals surface area contributed by atoms with Crippen LogP contribution in [-0.2, 0) is 0 Å². The number of hydrogen-bond donors (Lipinski definition) is 2. The summed E-state index contributed by atoms with van der Waals surface area (Å²) in [5.41, 5.74) is 1.01. The van der Waals surface area contributed by atoms with E-state index in [-0.39, 0.29) is 6.10 Å². The average Bonchev–Trinajstić information content (AvgIpc) is 2.90. The fourth-order valence-electron chi connectivity index (χ4n) is 2.81. The van der Waals surface area contributed by atoms with Gasteiger partial charge in [0.25, 0.3) is 0 Å². The van der Waals surface area contributed by atoms with Crippen molar-refractivity contribution in [3.63, 3.8) is 0 Å². The van der Waals surface area contributed by atoms with E-state index in [0.29, 0.717) is 13.2 Å². The molecule has 0 spiro atoms. The number of nitrogens with one attached hydrogen (secondary N) is 1. The van der Waals surface area contributed by atoms with Crippen LogP contribution < -0.4 is 10.1 Å². The summed E-state index contributed by atoms with van der Waals surface area (Å²) in [6, 6.07) is 7.90. The summed E-state index contributed by atoms with van der Waals surface area (Å²) < 4.78 is 5.46. The molecule has 0 aromatic heterocycles. The van der Waals surface area contributed by atoms with Crippen LogP contribution in [-0.4, -0.2) is 24.4 Å². The van der Waals surface area contributed by atoms with E-state index in [9.17, 15) is 5.11 Å². The third-order valence-corrected chi connectivity index (χ3v) is 3.77. The molecule has 19 heavy (non-hydrogen) atoms. The van der Waals surface area contributed by atoms with E-state index in [2.05, 4.69) is 5.32 Å². The monoisotopic (exact) mass is 263 g/mol. The molecule has 2 N–H and O–H groups in total. The maximum absolute atomic E-state index is 10.0. The molecule has 0 bridgehead atoms. The Hall–Kier alpha value is -1.22. The van der Waals surface area contributed by atoms with E-state index < -0.39 is 0 Å². The molecule has 3 nitrogen and oxygen atoms in total. The Labute approximate surface area is 116 Å². The number of benzene rings is 1. The standard InChI is InChI=1S/C16H25NO2/c1-2-19-16-9-5-8-14(11-16)17-12-15(18)10-13-6-3-4-7-13/h5,8-9,11,13,15,17-18H,2-4,6-7,10,12H2,1H3. The lowest BCUT2D eigenvalue weighted by Crippen LogP contribution is -2.22. The quantitative estimate of drug-likeness (QED) is 0.792. The molecule has 106 valence electrons. The van der Waals surface area contributed by atoms with Gasteiger partial charge in [-0.3, -0.25) is 0 Å². The minimum Gasteiger partial charge on any atom is -0.494 e. The number of hydrogen-bond acceptors (Lipinski definition) is 3. The smallest absolute Gasteiger partial charge is 0.121 e. The van der Waals surface area contributed by atoms with Crippen LogP contribution >= 0.6 is 0 Å². The first-order chi connectivity index (χ1) is 9.28. The molecule has 0 aliphatic heterocycles. The molecule has 1 aromatic rings. The van der Waals surface area contributed by atoms with Gasteiger partial charge in [0, 0.05) is 18.3 Å². The van der Waals surface area contributed by atoms with Gasteiger partial charge in [-0.05, 0) is 31.4 Å². The van der Waals surface area contributed by atoms with Crippen molar-refractivity contribution in [2.45, 2.75) is 45.1 Å². The van der Waals surface area contributed by atoms with Crippen molar-refractivity contribution in [2.75, 3.05) is 18.5 Å². The first-order valence-electron chi connectivity index (χ1n) is 7.42. The third kappa shape index (κ3) is 4.75. The van der Waals surface area contributed by atoms with Crippen LogP contribution in [0.3, 0.4) is 0 Å². The Bertz CT molecular complexity index is 375. The summed E-state index contributed by atoms with van der Waals surface area (Å²) in [7, 11) is 0. The number of aliphatic hydroxyl groups excluding tert-OH is 1. The molecule has 1 atom stereocenters.